The monoisotopic (exact) mass is 431 g/mol. The highest BCUT2D eigenvalue weighted by Crippen LogP contribution is 2.41. The van der Waals surface area contributed by atoms with Gasteiger partial charge in [0.2, 0.25) is 0 Å². The molecule has 0 radical (unpaired) electrons. The minimum absolute atomic E-state index is 0.232. The number of carbonyl (C=O) groups excluding carboxylic acids is 1. The first kappa shape index (κ1) is 17.0. The number of anilines is 2. The van der Waals surface area contributed by atoms with Crippen LogP contribution in [0.4, 0.5) is 15.8 Å². The lowest BCUT2D eigenvalue weighted by Crippen LogP contribution is -2.20. The van der Waals surface area contributed by atoms with Crippen LogP contribution < -0.4 is 10.6 Å². The van der Waals surface area contributed by atoms with Crippen molar-refractivity contribution in [3.8, 4) is 0 Å². The molecule has 26 heavy (non-hydrogen) atoms. The summed E-state index contributed by atoms with van der Waals surface area (Å²) in [5.74, 6) is -0.641. The largest absolute Gasteiger partial charge is 0.355 e. The van der Waals surface area contributed by atoms with Gasteiger partial charge in [-0.3, -0.25) is 9.78 Å². The van der Waals surface area contributed by atoms with Gasteiger partial charge in [0.25, 0.3) is 5.91 Å². The molecule has 2 N–H and O–H groups in total. The van der Waals surface area contributed by atoms with Crippen molar-refractivity contribution in [2.24, 2.45) is 0 Å². The Kier molecular flexibility index (Phi) is 4.38. The minimum Gasteiger partial charge on any atom is -0.355 e. The van der Waals surface area contributed by atoms with Gasteiger partial charge in [0.05, 0.1) is 6.04 Å². The van der Waals surface area contributed by atoms with Crippen molar-refractivity contribution in [1.29, 1.82) is 0 Å². The normalized spacial score (nSPS) is 15.5. The molecule has 0 bridgehead atoms. The van der Waals surface area contributed by atoms with Gasteiger partial charge < -0.3 is 10.6 Å². The third-order valence-corrected chi connectivity index (χ3v) is 4.98. The van der Waals surface area contributed by atoms with E-state index in [2.05, 4.69) is 31.5 Å². The molecule has 3 aromatic rings. The average Bonchev–Trinajstić information content (AvgIpc) is 2.95. The second kappa shape index (κ2) is 6.70. The number of fused-ring (bicyclic) bond motifs is 1. The van der Waals surface area contributed by atoms with E-state index in [0.29, 0.717) is 16.1 Å². The molecule has 7 heteroatoms. The summed E-state index contributed by atoms with van der Waals surface area (Å²) in [4.78, 5) is 16.5. The highest BCUT2D eigenvalue weighted by Gasteiger charge is 2.34. The van der Waals surface area contributed by atoms with Gasteiger partial charge >= 0.3 is 0 Å². The van der Waals surface area contributed by atoms with E-state index in [9.17, 15) is 9.18 Å². The lowest BCUT2D eigenvalue weighted by atomic mass is 9.96. The molecule has 1 amide bonds. The fourth-order valence-electron chi connectivity index (χ4n) is 3.06. The number of amides is 1. The maximum atomic E-state index is 13.8. The summed E-state index contributed by atoms with van der Waals surface area (Å²) >= 11 is 9.72. The summed E-state index contributed by atoms with van der Waals surface area (Å²) < 4.78 is 14.5. The van der Waals surface area contributed by atoms with Crippen LogP contribution in [0.1, 0.15) is 27.5 Å². The summed E-state index contributed by atoms with van der Waals surface area (Å²) in [6.45, 7) is 0. The quantitative estimate of drug-likeness (QED) is 0.597. The second-order valence-electron chi connectivity index (χ2n) is 5.85. The highest BCUT2D eigenvalue weighted by atomic mass is 79.9. The summed E-state index contributed by atoms with van der Waals surface area (Å²) in [6, 6.07) is 10.9. The van der Waals surface area contributed by atoms with E-state index < -0.39 is 11.9 Å². The molecule has 4 rings (SSSR count). The Hall–Kier alpha value is -2.44. The molecular formula is C19H12BrClFN3O. The number of rotatable bonds is 3. The van der Waals surface area contributed by atoms with Crippen molar-refractivity contribution < 1.29 is 9.18 Å². The predicted octanol–water partition coefficient (Wildman–Crippen LogP) is 5.21. The molecule has 2 aromatic carbocycles. The van der Waals surface area contributed by atoms with Crippen LogP contribution in [0.25, 0.3) is 0 Å². The molecule has 0 aliphatic carbocycles. The Bertz CT molecular complexity index is 1010. The number of halogens is 3. The molecule has 0 saturated carbocycles. The molecular weight excluding hydrogens is 421 g/mol. The Morgan fingerprint density at radius 1 is 1.15 bits per heavy atom. The van der Waals surface area contributed by atoms with Crippen LogP contribution in [0, 0.1) is 5.82 Å². The van der Waals surface area contributed by atoms with E-state index in [0.717, 1.165) is 21.4 Å². The molecule has 0 saturated heterocycles. The van der Waals surface area contributed by atoms with Crippen LogP contribution in [-0.2, 0) is 0 Å². The smallest absolute Gasteiger partial charge is 0.252 e. The molecule has 4 nitrogen and oxygen atoms in total. The maximum Gasteiger partial charge on any atom is 0.252 e. The summed E-state index contributed by atoms with van der Waals surface area (Å²) in [5, 5.41) is 6.59. The zero-order valence-corrected chi connectivity index (χ0v) is 15.6. The lowest BCUT2D eigenvalue weighted by molar-refractivity contribution is 0.0960. The van der Waals surface area contributed by atoms with Crippen molar-refractivity contribution in [3.05, 3.63) is 86.9 Å². The van der Waals surface area contributed by atoms with Crippen molar-refractivity contribution in [2.45, 2.75) is 6.04 Å². The zero-order chi connectivity index (χ0) is 18.3. The average molecular weight is 433 g/mol. The maximum absolute atomic E-state index is 13.8. The van der Waals surface area contributed by atoms with E-state index in [1.165, 1.54) is 18.2 Å². The Labute approximate surface area is 162 Å². The fraction of sp³-hybridized carbons (Fsp3) is 0.0526. The van der Waals surface area contributed by atoms with Gasteiger partial charge in [-0.2, -0.15) is 0 Å². The Morgan fingerprint density at radius 2 is 1.92 bits per heavy atom. The van der Waals surface area contributed by atoms with Gasteiger partial charge in [-0.1, -0.05) is 27.5 Å². The first-order chi connectivity index (χ1) is 12.5. The second-order valence-corrected chi connectivity index (χ2v) is 7.17. The number of aromatic nitrogens is 1. The van der Waals surface area contributed by atoms with E-state index in [1.54, 1.807) is 18.5 Å². The lowest BCUT2D eigenvalue weighted by Gasteiger charge is -2.18. The van der Waals surface area contributed by atoms with E-state index >= 15 is 0 Å². The number of nitrogens with zero attached hydrogens (tertiary/aromatic N) is 1. The van der Waals surface area contributed by atoms with Gasteiger partial charge in [-0.25, -0.2) is 4.39 Å². The van der Waals surface area contributed by atoms with Crippen LogP contribution >= 0.6 is 27.5 Å². The van der Waals surface area contributed by atoms with Crippen LogP contribution in [0.15, 0.2) is 59.3 Å². The standard InChI is InChI=1S/C19H12BrClFN3O/c20-10-7-14-17(16(8-10)24-12-3-5-23-6-4-12)18(25-19(14)26)13-9-11(22)1-2-15(13)21/h1-9,18H,(H,23,24)(H,25,26). The van der Waals surface area contributed by atoms with Crippen LogP contribution in [0.2, 0.25) is 5.02 Å². The molecule has 1 aromatic heterocycles. The van der Waals surface area contributed by atoms with Crippen molar-refractivity contribution in [2.75, 3.05) is 5.32 Å². The Morgan fingerprint density at radius 3 is 2.69 bits per heavy atom. The molecule has 2 heterocycles. The topological polar surface area (TPSA) is 54.0 Å². The number of hydrogen-bond acceptors (Lipinski definition) is 3. The van der Waals surface area contributed by atoms with Gasteiger partial charge in [0.15, 0.2) is 0 Å². The number of pyridine rings is 1. The summed E-state index contributed by atoms with van der Waals surface area (Å²) in [6.07, 6.45) is 3.34. The van der Waals surface area contributed by atoms with Gasteiger partial charge in [0, 0.05) is 50.0 Å². The van der Waals surface area contributed by atoms with Crippen LogP contribution in [0.3, 0.4) is 0 Å². The molecule has 1 unspecified atom stereocenters. The number of hydrogen-bond donors (Lipinski definition) is 2. The molecule has 1 atom stereocenters. The molecule has 1 aliphatic heterocycles. The summed E-state index contributed by atoms with van der Waals surface area (Å²) in [5.41, 5.74) is 3.30. The summed E-state index contributed by atoms with van der Waals surface area (Å²) in [7, 11) is 0. The highest BCUT2D eigenvalue weighted by molar-refractivity contribution is 9.10. The number of nitrogens with one attached hydrogen (secondary N) is 2. The SMILES string of the molecule is O=C1NC(c2cc(F)ccc2Cl)c2c(Nc3ccncc3)cc(Br)cc21. The molecule has 0 fully saturated rings. The number of carbonyl (C=O) groups is 1. The first-order valence-corrected chi connectivity index (χ1v) is 8.96. The van der Waals surface area contributed by atoms with Crippen molar-refractivity contribution >= 4 is 44.8 Å². The van der Waals surface area contributed by atoms with Crippen LogP contribution in [-0.4, -0.2) is 10.9 Å². The fourth-order valence-corrected chi connectivity index (χ4v) is 3.75. The molecule has 0 spiro atoms. The third kappa shape index (κ3) is 3.06. The minimum atomic E-state index is -0.543. The molecule has 130 valence electrons. The van der Waals surface area contributed by atoms with Gasteiger partial charge in [-0.15, -0.1) is 0 Å². The predicted molar refractivity (Wildman–Crippen MR) is 102 cm³/mol. The Balaban J connectivity index is 1.87. The van der Waals surface area contributed by atoms with Gasteiger partial charge in [-0.05, 0) is 42.5 Å². The van der Waals surface area contributed by atoms with E-state index in [-0.39, 0.29) is 5.91 Å². The van der Waals surface area contributed by atoms with Crippen LogP contribution in [0.5, 0.6) is 0 Å². The van der Waals surface area contributed by atoms with Crippen molar-refractivity contribution in [1.82, 2.24) is 10.3 Å². The zero-order valence-electron chi connectivity index (χ0n) is 13.3. The van der Waals surface area contributed by atoms with E-state index in [1.807, 2.05) is 18.2 Å². The molecule has 1 aliphatic rings. The van der Waals surface area contributed by atoms with Gasteiger partial charge in [0.1, 0.15) is 5.82 Å². The van der Waals surface area contributed by atoms with Crippen molar-refractivity contribution in [3.63, 3.8) is 0 Å². The number of benzene rings is 2. The third-order valence-electron chi connectivity index (χ3n) is 4.18. The first-order valence-electron chi connectivity index (χ1n) is 7.79. The van der Waals surface area contributed by atoms with E-state index in [4.69, 9.17) is 11.6 Å².